The number of aromatic nitrogens is 1. The molecule has 0 saturated carbocycles. The fraction of sp³-hybridized carbons (Fsp3) is 0.133. The summed E-state index contributed by atoms with van der Waals surface area (Å²) >= 11 is 7.99. The Morgan fingerprint density at radius 2 is 2.17 bits per heavy atom. The van der Waals surface area contributed by atoms with Crippen LogP contribution >= 0.6 is 34.2 Å². The van der Waals surface area contributed by atoms with Gasteiger partial charge < -0.3 is 9.47 Å². The molecule has 0 spiro atoms. The number of pyridine rings is 1. The van der Waals surface area contributed by atoms with E-state index in [0.29, 0.717) is 11.5 Å². The summed E-state index contributed by atoms with van der Waals surface area (Å²) < 4.78 is 11.4. The van der Waals surface area contributed by atoms with E-state index in [4.69, 9.17) is 21.1 Å². The Labute approximate surface area is 152 Å². The van der Waals surface area contributed by atoms with Crippen LogP contribution in [0.25, 0.3) is 0 Å². The van der Waals surface area contributed by atoms with Crippen LogP contribution in [0, 0.1) is 3.57 Å². The van der Waals surface area contributed by atoms with Gasteiger partial charge in [-0.05, 0) is 52.4 Å². The molecule has 1 heterocycles. The topological polar surface area (TPSA) is 72.8 Å². The minimum Gasteiger partial charge on any atom is -0.493 e. The Balaban J connectivity index is 2.13. The van der Waals surface area contributed by atoms with Crippen molar-refractivity contribution < 1.29 is 14.3 Å². The normalized spacial score (nSPS) is 10.6. The molecule has 0 bridgehead atoms. The van der Waals surface area contributed by atoms with Gasteiger partial charge in [-0.25, -0.2) is 10.4 Å². The zero-order chi connectivity index (χ0) is 16.8. The highest BCUT2D eigenvalue weighted by molar-refractivity contribution is 14.1. The molecule has 0 radical (unpaired) electrons. The van der Waals surface area contributed by atoms with E-state index < -0.39 is 5.91 Å². The zero-order valence-electron chi connectivity index (χ0n) is 12.3. The van der Waals surface area contributed by atoms with Crippen molar-refractivity contribution in [2.45, 2.75) is 0 Å². The third-order valence-corrected chi connectivity index (χ3v) is 3.94. The molecule has 2 rings (SSSR count). The summed E-state index contributed by atoms with van der Waals surface area (Å²) in [5.41, 5.74) is 3.42. The van der Waals surface area contributed by atoms with Crippen LogP contribution < -0.4 is 14.9 Å². The molecule has 0 aliphatic heterocycles. The van der Waals surface area contributed by atoms with Crippen LogP contribution in [0.1, 0.15) is 15.9 Å². The SMILES string of the molecule is COc1cc(C=NNC(=O)c2cccnc2Cl)cc(I)c1OC. The molecule has 0 aliphatic carbocycles. The van der Waals surface area contributed by atoms with Crippen LogP contribution in [0.2, 0.25) is 5.15 Å². The zero-order valence-corrected chi connectivity index (χ0v) is 15.3. The van der Waals surface area contributed by atoms with Gasteiger partial charge in [0.1, 0.15) is 5.15 Å². The second kappa shape index (κ2) is 8.11. The third-order valence-electron chi connectivity index (χ3n) is 2.84. The van der Waals surface area contributed by atoms with Crippen molar-refractivity contribution in [1.82, 2.24) is 10.4 Å². The number of ether oxygens (including phenoxy) is 2. The van der Waals surface area contributed by atoms with E-state index in [1.807, 2.05) is 6.07 Å². The molecule has 8 heteroatoms. The van der Waals surface area contributed by atoms with Gasteiger partial charge in [0.2, 0.25) is 0 Å². The Morgan fingerprint density at radius 1 is 1.39 bits per heavy atom. The Morgan fingerprint density at radius 3 is 2.83 bits per heavy atom. The average molecular weight is 446 g/mol. The van der Waals surface area contributed by atoms with Crippen LogP contribution in [0.4, 0.5) is 0 Å². The predicted octanol–water partition coefficient (Wildman–Crippen LogP) is 3.12. The van der Waals surface area contributed by atoms with E-state index in [2.05, 4.69) is 38.1 Å². The molecule has 120 valence electrons. The van der Waals surface area contributed by atoms with E-state index >= 15 is 0 Å². The first-order valence-corrected chi connectivity index (χ1v) is 7.88. The first-order chi connectivity index (χ1) is 11.1. The first-order valence-electron chi connectivity index (χ1n) is 6.42. The molecule has 2 aromatic rings. The number of hydrogen-bond donors (Lipinski definition) is 1. The first kappa shape index (κ1) is 17.5. The lowest BCUT2D eigenvalue weighted by Gasteiger charge is -2.10. The van der Waals surface area contributed by atoms with Crippen molar-refractivity contribution in [2.24, 2.45) is 5.10 Å². The molecule has 0 aliphatic rings. The number of amides is 1. The van der Waals surface area contributed by atoms with Crippen LogP contribution in [-0.2, 0) is 0 Å². The van der Waals surface area contributed by atoms with E-state index in [9.17, 15) is 4.79 Å². The van der Waals surface area contributed by atoms with Crippen LogP contribution in [0.5, 0.6) is 11.5 Å². The van der Waals surface area contributed by atoms with Gasteiger partial charge in [0.05, 0.1) is 29.6 Å². The minimum absolute atomic E-state index is 0.126. The molecule has 23 heavy (non-hydrogen) atoms. The maximum Gasteiger partial charge on any atom is 0.274 e. The number of carbonyl (C=O) groups is 1. The summed E-state index contributed by atoms with van der Waals surface area (Å²) in [6.07, 6.45) is 3.01. The highest BCUT2D eigenvalue weighted by Gasteiger charge is 2.11. The molecule has 0 unspecified atom stereocenters. The molecule has 1 amide bonds. The molecule has 0 saturated heterocycles. The average Bonchev–Trinajstić information content (AvgIpc) is 2.54. The number of carbonyl (C=O) groups excluding carboxylic acids is 1. The van der Waals surface area contributed by atoms with E-state index in [1.165, 1.54) is 12.4 Å². The monoisotopic (exact) mass is 445 g/mol. The van der Waals surface area contributed by atoms with Crippen LogP contribution in [0.15, 0.2) is 35.6 Å². The highest BCUT2D eigenvalue weighted by atomic mass is 127. The number of nitrogens with one attached hydrogen (secondary N) is 1. The number of hydrogen-bond acceptors (Lipinski definition) is 5. The van der Waals surface area contributed by atoms with E-state index in [-0.39, 0.29) is 10.7 Å². The van der Waals surface area contributed by atoms with Gasteiger partial charge in [-0.2, -0.15) is 5.10 Å². The smallest absolute Gasteiger partial charge is 0.274 e. The predicted molar refractivity (Wildman–Crippen MR) is 96.6 cm³/mol. The van der Waals surface area contributed by atoms with Gasteiger partial charge in [0, 0.05) is 6.20 Å². The molecule has 1 aromatic heterocycles. The largest absolute Gasteiger partial charge is 0.493 e. The van der Waals surface area contributed by atoms with Crippen molar-refractivity contribution in [3.05, 3.63) is 50.3 Å². The lowest BCUT2D eigenvalue weighted by Crippen LogP contribution is -2.18. The Kier molecular flexibility index (Phi) is 6.17. The van der Waals surface area contributed by atoms with Crippen molar-refractivity contribution in [1.29, 1.82) is 0 Å². The summed E-state index contributed by atoms with van der Waals surface area (Å²) in [5.74, 6) is 0.799. The van der Waals surface area contributed by atoms with Gasteiger partial charge in [-0.3, -0.25) is 4.79 Å². The Hall–Kier alpha value is -1.87. The van der Waals surface area contributed by atoms with Gasteiger partial charge in [-0.1, -0.05) is 11.6 Å². The molecule has 0 fully saturated rings. The minimum atomic E-state index is -0.436. The highest BCUT2D eigenvalue weighted by Crippen LogP contribution is 2.32. The maximum absolute atomic E-state index is 12.0. The summed E-state index contributed by atoms with van der Waals surface area (Å²) in [6.45, 7) is 0. The number of nitrogens with zero attached hydrogens (tertiary/aromatic N) is 2. The number of hydrazone groups is 1. The van der Waals surface area contributed by atoms with E-state index in [1.54, 1.807) is 32.4 Å². The summed E-state index contributed by atoms with van der Waals surface area (Å²) in [6, 6.07) is 6.81. The van der Waals surface area contributed by atoms with E-state index in [0.717, 1.165) is 9.13 Å². The van der Waals surface area contributed by atoms with Gasteiger partial charge in [0.15, 0.2) is 11.5 Å². The van der Waals surface area contributed by atoms with Gasteiger partial charge >= 0.3 is 0 Å². The molecule has 0 atom stereocenters. The fourth-order valence-corrected chi connectivity index (χ4v) is 2.84. The molecule has 1 N–H and O–H groups in total. The number of halogens is 2. The number of rotatable bonds is 5. The summed E-state index contributed by atoms with van der Waals surface area (Å²) in [5, 5.41) is 4.05. The second-order valence-electron chi connectivity index (χ2n) is 4.28. The van der Waals surface area contributed by atoms with Gasteiger partial charge in [0.25, 0.3) is 5.91 Å². The standard InChI is InChI=1S/C15H13ClIN3O3/c1-22-12-7-9(6-11(17)13(12)23-2)8-19-20-15(21)10-4-3-5-18-14(10)16/h3-8H,1-2H3,(H,20,21). The molecular formula is C15H13ClIN3O3. The second-order valence-corrected chi connectivity index (χ2v) is 5.80. The number of benzene rings is 1. The quantitative estimate of drug-likeness (QED) is 0.332. The number of methoxy groups -OCH3 is 2. The Bertz CT molecular complexity index is 753. The summed E-state index contributed by atoms with van der Waals surface area (Å²) in [7, 11) is 3.13. The third kappa shape index (κ3) is 4.32. The molecular weight excluding hydrogens is 433 g/mol. The summed E-state index contributed by atoms with van der Waals surface area (Å²) in [4.78, 5) is 15.8. The molecule has 6 nitrogen and oxygen atoms in total. The van der Waals surface area contributed by atoms with Crippen molar-refractivity contribution in [2.75, 3.05) is 14.2 Å². The van der Waals surface area contributed by atoms with Crippen molar-refractivity contribution in [3.63, 3.8) is 0 Å². The maximum atomic E-state index is 12.0. The van der Waals surface area contributed by atoms with Crippen molar-refractivity contribution in [3.8, 4) is 11.5 Å². The van der Waals surface area contributed by atoms with Gasteiger partial charge in [-0.15, -0.1) is 0 Å². The molecule has 1 aromatic carbocycles. The lowest BCUT2D eigenvalue weighted by molar-refractivity contribution is 0.0955. The van der Waals surface area contributed by atoms with Crippen molar-refractivity contribution >= 4 is 46.3 Å². The van der Waals surface area contributed by atoms with Crippen LogP contribution in [0.3, 0.4) is 0 Å². The lowest BCUT2D eigenvalue weighted by atomic mass is 10.2. The fourth-order valence-electron chi connectivity index (χ4n) is 1.79. The van der Waals surface area contributed by atoms with Crippen LogP contribution in [-0.4, -0.2) is 31.3 Å².